The molecule has 0 saturated heterocycles. The topological polar surface area (TPSA) is 76.6 Å². The maximum Gasteiger partial charge on any atom is 0.277 e. The fraction of sp³-hybridized carbons (Fsp3) is 0.158. The van der Waals surface area contributed by atoms with E-state index in [2.05, 4.69) is 4.98 Å². The Balaban J connectivity index is 1.80. The van der Waals surface area contributed by atoms with E-state index in [1.165, 1.54) is 28.4 Å². The number of anilines is 1. The average Bonchev–Trinajstić information content (AvgIpc) is 3.16. The van der Waals surface area contributed by atoms with Crippen molar-refractivity contribution in [2.75, 3.05) is 25.3 Å². The summed E-state index contributed by atoms with van der Waals surface area (Å²) in [5.41, 5.74) is 1.83. The van der Waals surface area contributed by atoms with Gasteiger partial charge in [-0.25, -0.2) is 13.4 Å². The van der Waals surface area contributed by atoms with Crippen LogP contribution in [0.1, 0.15) is 10.5 Å². The molecule has 0 spiro atoms. The van der Waals surface area contributed by atoms with Crippen molar-refractivity contribution >= 4 is 32.8 Å². The SMILES string of the molecule is COc1ccc(-c2nc(C(=O)N(C)c3ccc(S(C)(=O)=O)cc3)cs2)cc1. The van der Waals surface area contributed by atoms with E-state index in [4.69, 9.17) is 4.74 Å². The highest BCUT2D eigenvalue weighted by molar-refractivity contribution is 7.90. The number of rotatable bonds is 5. The molecular weight excluding hydrogens is 384 g/mol. The van der Waals surface area contributed by atoms with Crippen molar-refractivity contribution in [1.29, 1.82) is 0 Å². The number of sulfone groups is 1. The highest BCUT2D eigenvalue weighted by Gasteiger charge is 2.18. The van der Waals surface area contributed by atoms with E-state index in [1.54, 1.807) is 31.7 Å². The molecule has 0 saturated carbocycles. The standard InChI is InChI=1S/C19H18N2O4S2/c1-21(14-6-10-16(11-7-14)27(3,23)24)19(22)17-12-26-18(20-17)13-4-8-15(25-2)9-5-13/h4-12H,1-3H3. The lowest BCUT2D eigenvalue weighted by molar-refractivity contribution is 0.0989. The Kier molecular flexibility index (Phi) is 5.29. The molecule has 1 amide bonds. The highest BCUT2D eigenvalue weighted by Crippen LogP contribution is 2.27. The second-order valence-corrected chi connectivity index (χ2v) is 8.77. The predicted octanol–water partition coefficient (Wildman–Crippen LogP) is 3.50. The maximum atomic E-state index is 12.7. The van der Waals surface area contributed by atoms with Crippen LogP contribution >= 0.6 is 11.3 Å². The van der Waals surface area contributed by atoms with E-state index in [1.807, 2.05) is 24.3 Å². The predicted molar refractivity (Wildman–Crippen MR) is 106 cm³/mol. The number of carbonyl (C=O) groups excluding carboxylic acids is 1. The fourth-order valence-corrected chi connectivity index (χ4v) is 3.87. The molecule has 0 aliphatic heterocycles. The zero-order valence-electron chi connectivity index (χ0n) is 15.0. The van der Waals surface area contributed by atoms with Crippen LogP contribution in [0.5, 0.6) is 5.75 Å². The molecule has 3 rings (SSSR count). The molecule has 0 radical (unpaired) electrons. The lowest BCUT2D eigenvalue weighted by Gasteiger charge is -2.16. The number of carbonyl (C=O) groups is 1. The summed E-state index contributed by atoms with van der Waals surface area (Å²) < 4.78 is 28.2. The third-order valence-corrected chi connectivity index (χ3v) is 6.04. The lowest BCUT2D eigenvalue weighted by atomic mass is 10.2. The van der Waals surface area contributed by atoms with Crippen LogP contribution in [0, 0.1) is 0 Å². The van der Waals surface area contributed by atoms with Gasteiger partial charge in [0.1, 0.15) is 16.5 Å². The number of hydrogen-bond donors (Lipinski definition) is 0. The second-order valence-electron chi connectivity index (χ2n) is 5.90. The van der Waals surface area contributed by atoms with Crippen molar-refractivity contribution in [3.8, 4) is 16.3 Å². The van der Waals surface area contributed by atoms with Crippen molar-refractivity contribution in [3.63, 3.8) is 0 Å². The minimum absolute atomic E-state index is 0.211. The summed E-state index contributed by atoms with van der Waals surface area (Å²) in [5.74, 6) is 0.488. The molecule has 0 atom stereocenters. The molecule has 1 aromatic heterocycles. The van der Waals surface area contributed by atoms with Gasteiger partial charge in [0.15, 0.2) is 9.84 Å². The van der Waals surface area contributed by atoms with E-state index in [0.717, 1.165) is 22.6 Å². The normalized spacial score (nSPS) is 11.2. The van der Waals surface area contributed by atoms with Crippen LogP contribution in [0.15, 0.2) is 58.8 Å². The molecule has 27 heavy (non-hydrogen) atoms. The van der Waals surface area contributed by atoms with Crippen molar-refractivity contribution in [1.82, 2.24) is 4.98 Å². The quantitative estimate of drug-likeness (QED) is 0.653. The van der Waals surface area contributed by atoms with Crippen LogP contribution < -0.4 is 9.64 Å². The Hall–Kier alpha value is -2.71. The van der Waals surface area contributed by atoms with Gasteiger partial charge < -0.3 is 9.64 Å². The lowest BCUT2D eigenvalue weighted by Crippen LogP contribution is -2.26. The molecule has 0 bridgehead atoms. The van der Waals surface area contributed by atoms with E-state index < -0.39 is 9.84 Å². The Morgan fingerprint density at radius 1 is 1.07 bits per heavy atom. The first-order chi connectivity index (χ1) is 12.8. The molecule has 0 aliphatic rings. The van der Waals surface area contributed by atoms with Crippen LogP contribution in [0.3, 0.4) is 0 Å². The number of methoxy groups -OCH3 is 1. The molecule has 140 valence electrons. The van der Waals surface area contributed by atoms with E-state index in [9.17, 15) is 13.2 Å². The van der Waals surface area contributed by atoms with Gasteiger partial charge in [-0.2, -0.15) is 0 Å². The van der Waals surface area contributed by atoms with Crippen LogP contribution in [0.25, 0.3) is 10.6 Å². The number of thiazole rings is 1. The molecule has 6 nitrogen and oxygen atoms in total. The van der Waals surface area contributed by atoms with Gasteiger partial charge in [-0.15, -0.1) is 11.3 Å². The molecule has 0 fully saturated rings. The zero-order valence-corrected chi connectivity index (χ0v) is 16.7. The van der Waals surface area contributed by atoms with Crippen molar-refractivity contribution in [2.45, 2.75) is 4.90 Å². The average molecular weight is 402 g/mol. The molecule has 2 aromatic carbocycles. The molecule has 8 heteroatoms. The van der Waals surface area contributed by atoms with Gasteiger partial charge in [0.25, 0.3) is 5.91 Å². The third-order valence-electron chi connectivity index (χ3n) is 4.02. The Bertz CT molecular complexity index is 1060. The number of hydrogen-bond acceptors (Lipinski definition) is 6. The van der Waals surface area contributed by atoms with E-state index in [-0.39, 0.29) is 10.8 Å². The Morgan fingerprint density at radius 3 is 2.26 bits per heavy atom. The van der Waals surface area contributed by atoms with Crippen LogP contribution in [-0.4, -0.2) is 39.7 Å². The number of aromatic nitrogens is 1. The summed E-state index contributed by atoms with van der Waals surface area (Å²) in [6.07, 6.45) is 1.15. The van der Waals surface area contributed by atoms with Gasteiger partial charge in [0.05, 0.1) is 12.0 Å². The summed E-state index contributed by atoms with van der Waals surface area (Å²) in [4.78, 5) is 18.8. The fourth-order valence-electron chi connectivity index (χ4n) is 2.44. The van der Waals surface area contributed by atoms with Gasteiger partial charge in [-0.3, -0.25) is 4.79 Å². The van der Waals surface area contributed by atoms with Gasteiger partial charge in [0.2, 0.25) is 0 Å². The monoisotopic (exact) mass is 402 g/mol. The second kappa shape index (κ2) is 7.50. The number of nitrogens with zero attached hydrogens (tertiary/aromatic N) is 2. The van der Waals surface area contributed by atoms with E-state index in [0.29, 0.717) is 11.4 Å². The first-order valence-corrected chi connectivity index (χ1v) is 10.7. The van der Waals surface area contributed by atoms with Crippen LogP contribution in [0.2, 0.25) is 0 Å². The Morgan fingerprint density at radius 2 is 1.70 bits per heavy atom. The highest BCUT2D eigenvalue weighted by atomic mass is 32.2. The molecule has 1 heterocycles. The van der Waals surface area contributed by atoms with Gasteiger partial charge >= 0.3 is 0 Å². The molecule has 0 aliphatic carbocycles. The van der Waals surface area contributed by atoms with Crippen molar-refractivity contribution < 1.29 is 17.9 Å². The van der Waals surface area contributed by atoms with Gasteiger partial charge in [0, 0.05) is 29.9 Å². The first-order valence-electron chi connectivity index (χ1n) is 7.98. The molecular formula is C19H18N2O4S2. The molecule has 0 N–H and O–H groups in total. The summed E-state index contributed by atoms with van der Waals surface area (Å²) in [7, 11) is -0.0394. The van der Waals surface area contributed by atoms with Gasteiger partial charge in [-0.1, -0.05) is 0 Å². The van der Waals surface area contributed by atoms with E-state index >= 15 is 0 Å². The number of ether oxygens (including phenoxy) is 1. The minimum atomic E-state index is -3.27. The maximum absolute atomic E-state index is 12.7. The van der Waals surface area contributed by atoms with Crippen LogP contribution in [0.4, 0.5) is 5.69 Å². The Labute approximate surface area is 162 Å². The van der Waals surface area contributed by atoms with Crippen molar-refractivity contribution in [3.05, 3.63) is 59.6 Å². The smallest absolute Gasteiger partial charge is 0.277 e. The number of amides is 1. The summed E-state index contributed by atoms with van der Waals surface area (Å²) >= 11 is 1.38. The number of benzene rings is 2. The molecule has 0 unspecified atom stereocenters. The largest absolute Gasteiger partial charge is 0.497 e. The summed E-state index contributed by atoms with van der Waals surface area (Å²) in [6.45, 7) is 0. The van der Waals surface area contributed by atoms with Crippen molar-refractivity contribution in [2.24, 2.45) is 0 Å². The minimum Gasteiger partial charge on any atom is -0.497 e. The zero-order chi connectivity index (χ0) is 19.6. The summed E-state index contributed by atoms with van der Waals surface area (Å²) in [5, 5.41) is 2.45. The van der Waals surface area contributed by atoms with Gasteiger partial charge in [-0.05, 0) is 48.5 Å². The first kappa shape index (κ1) is 19.1. The van der Waals surface area contributed by atoms with Crippen LogP contribution in [-0.2, 0) is 9.84 Å². The summed E-state index contributed by atoms with van der Waals surface area (Å²) in [6, 6.07) is 13.6. The third kappa shape index (κ3) is 4.17. The molecule has 3 aromatic rings.